The number of rotatable bonds is 2. The predicted molar refractivity (Wildman–Crippen MR) is 102 cm³/mol. The van der Waals surface area contributed by atoms with E-state index in [9.17, 15) is 4.79 Å². The number of benzene rings is 1. The van der Waals surface area contributed by atoms with Crippen molar-refractivity contribution in [3.8, 4) is 5.75 Å². The average molecular weight is 383 g/mol. The number of hydrogen-bond acceptors (Lipinski definition) is 3. The van der Waals surface area contributed by atoms with E-state index in [2.05, 4.69) is 5.32 Å². The molecule has 0 aromatic heterocycles. The highest BCUT2D eigenvalue weighted by Crippen LogP contribution is 2.40. The van der Waals surface area contributed by atoms with Gasteiger partial charge in [-0.2, -0.15) is 0 Å². The van der Waals surface area contributed by atoms with E-state index in [1.165, 1.54) is 19.3 Å². The molecule has 1 aromatic carbocycles. The third kappa shape index (κ3) is 3.81. The van der Waals surface area contributed by atoms with Crippen molar-refractivity contribution in [3.63, 3.8) is 0 Å². The van der Waals surface area contributed by atoms with E-state index < -0.39 is 0 Å². The first kappa shape index (κ1) is 18.6. The average Bonchev–Trinajstić information content (AvgIpc) is 2.55. The molecule has 4 rings (SSSR count). The van der Waals surface area contributed by atoms with Crippen LogP contribution in [0.5, 0.6) is 5.75 Å². The minimum atomic E-state index is -0.0157. The Labute approximate surface area is 159 Å². The van der Waals surface area contributed by atoms with Crippen LogP contribution in [0.15, 0.2) is 23.8 Å². The minimum absolute atomic E-state index is 0. The van der Waals surface area contributed by atoms with E-state index in [0.29, 0.717) is 35.1 Å². The van der Waals surface area contributed by atoms with Gasteiger partial charge >= 0.3 is 0 Å². The summed E-state index contributed by atoms with van der Waals surface area (Å²) >= 11 is 6.04. The SMILES string of the molecule is Cl.NC1CC2CCCC(C1)C2NC(=O)C1=Cc2cc(Cl)ccc2OC1. The number of halogens is 2. The molecule has 2 bridgehead atoms. The Bertz CT molecular complexity index is 678. The number of carbonyl (C=O) groups is 1. The van der Waals surface area contributed by atoms with Crippen molar-refractivity contribution in [2.24, 2.45) is 17.6 Å². The van der Waals surface area contributed by atoms with Crippen LogP contribution in [-0.2, 0) is 4.79 Å². The van der Waals surface area contributed by atoms with E-state index in [1.807, 2.05) is 18.2 Å². The maximum Gasteiger partial charge on any atom is 0.250 e. The van der Waals surface area contributed by atoms with Crippen molar-refractivity contribution in [1.82, 2.24) is 5.32 Å². The lowest BCUT2D eigenvalue weighted by Crippen LogP contribution is -2.54. The summed E-state index contributed by atoms with van der Waals surface area (Å²) in [6.45, 7) is 0.308. The van der Waals surface area contributed by atoms with E-state index >= 15 is 0 Å². The van der Waals surface area contributed by atoms with E-state index in [-0.39, 0.29) is 24.4 Å². The molecule has 6 heteroatoms. The lowest BCUT2D eigenvalue weighted by molar-refractivity contribution is -0.120. The number of amides is 1. The molecule has 2 saturated carbocycles. The van der Waals surface area contributed by atoms with Gasteiger partial charge in [-0.15, -0.1) is 12.4 Å². The molecule has 2 atom stereocenters. The molecule has 136 valence electrons. The zero-order chi connectivity index (χ0) is 16.7. The molecule has 0 radical (unpaired) electrons. The van der Waals surface area contributed by atoms with Gasteiger partial charge in [-0.1, -0.05) is 18.0 Å². The third-order valence-electron chi connectivity index (χ3n) is 5.65. The van der Waals surface area contributed by atoms with E-state index in [4.69, 9.17) is 22.1 Å². The van der Waals surface area contributed by atoms with Crippen molar-refractivity contribution in [2.75, 3.05) is 6.61 Å². The molecule has 2 aliphatic carbocycles. The summed E-state index contributed by atoms with van der Waals surface area (Å²) in [5, 5.41) is 3.93. The van der Waals surface area contributed by atoms with Gasteiger partial charge in [0.2, 0.25) is 0 Å². The molecule has 3 aliphatic rings. The zero-order valence-corrected chi connectivity index (χ0v) is 15.6. The number of hydrogen-bond donors (Lipinski definition) is 2. The largest absolute Gasteiger partial charge is 0.488 e. The highest BCUT2D eigenvalue weighted by Gasteiger charge is 2.40. The van der Waals surface area contributed by atoms with Crippen LogP contribution in [0, 0.1) is 11.8 Å². The highest BCUT2D eigenvalue weighted by molar-refractivity contribution is 6.30. The fraction of sp³-hybridized carbons (Fsp3) is 0.526. The number of ether oxygens (including phenoxy) is 1. The number of nitrogens with one attached hydrogen (secondary N) is 1. The standard InChI is InChI=1S/C19H23ClN2O2.ClH/c20-15-4-5-17-13(7-15)6-14(10-24-17)19(23)22-18-11-2-1-3-12(18)9-16(21)8-11;/h4-7,11-12,16,18H,1-3,8-10,21H2,(H,22,23);1H. The van der Waals surface area contributed by atoms with Crippen LogP contribution in [0.4, 0.5) is 0 Å². The molecule has 1 amide bonds. The van der Waals surface area contributed by atoms with Crippen LogP contribution in [0.2, 0.25) is 5.02 Å². The topological polar surface area (TPSA) is 64.3 Å². The molecule has 0 saturated heterocycles. The summed E-state index contributed by atoms with van der Waals surface area (Å²) < 4.78 is 5.70. The van der Waals surface area contributed by atoms with Crippen LogP contribution >= 0.6 is 24.0 Å². The monoisotopic (exact) mass is 382 g/mol. The van der Waals surface area contributed by atoms with Crippen molar-refractivity contribution in [2.45, 2.75) is 44.2 Å². The van der Waals surface area contributed by atoms with Crippen LogP contribution in [-0.4, -0.2) is 24.6 Å². The Hall–Kier alpha value is -1.23. The Morgan fingerprint density at radius 2 is 1.96 bits per heavy atom. The summed E-state index contributed by atoms with van der Waals surface area (Å²) in [6.07, 6.45) is 7.54. The molecular weight excluding hydrogens is 359 g/mol. The van der Waals surface area contributed by atoms with Gasteiger partial charge in [0.1, 0.15) is 12.4 Å². The van der Waals surface area contributed by atoms with E-state index in [1.54, 1.807) is 6.07 Å². The molecule has 25 heavy (non-hydrogen) atoms. The maximum absolute atomic E-state index is 12.8. The molecule has 1 heterocycles. The molecule has 1 aromatic rings. The first-order valence-corrected chi connectivity index (χ1v) is 9.17. The fourth-order valence-electron chi connectivity index (χ4n) is 4.55. The summed E-state index contributed by atoms with van der Waals surface area (Å²) in [6, 6.07) is 6.02. The minimum Gasteiger partial charge on any atom is -0.488 e. The van der Waals surface area contributed by atoms with Crippen molar-refractivity contribution >= 4 is 36.0 Å². The Morgan fingerprint density at radius 1 is 1.24 bits per heavy atom. The summed E-state index contributed by atoms with van der Waals surface area (Å²) in [5.41, 5.74) is 7.70. The fourth-order valence-corrected chi connectivity index (χ4v) is 4.73. The van der Waals surface area contributed by atoms with Crippen molar-refractivity contribution in [1.29, 1.82) is 0 Å². The first-order chi connectivity index (χ1) is 11.6. The van der Waals surface area contributed by atoms with Gasteiger partial charge in [-0.3, -0.25) is 4.79 Å². The van der Waals surface area contributed by atoms with Crippen LogP contribution in [0.1, 0.15) is 37.7 Å². The highest BCUT2D eigenvalue weighted by atomic mass is 35.5. The Morgan fingerprint density at radius 3 is 2.68 bits per heavy atom. The lowest BCUT2D eigenvalue weighted by Gasteiger charge is -2.45. The summed E-state index contributed by atoms with van der Waals surface area (Å²) in [7, 11) is 0. The number of fused-ring (bicyclic) bond motifs is 3. The summed E-state index contributed by atoms with van der Waals surface area (Å²) in [4.78, 5) is 12.8. The van der Waals surface area contributed by atoms with Gasteiger partial charge in [0.05, 0.1) is 5.57 Å². The van der Waals surface area contributed by atoms with Crippen molar-refractivity contribution in [3.05, 3.63) is 34.4 Å². The Balaban J connectivity index is 0.00000182. The van der Waals surface area contributed by atoms with Gasteiger partial charge in [0.15, 0.2) is 0 Å². The van der Waals surface area contributed by atoms with Crippen LogP contribution in [0.3, 0.4) is 0 Å². The maximum atomic E-state index is 12.8. The molecular formula is C19H24Cl2N2O2. The molecule has 4 nitrogen and oxygen atoms in total. The van der Waals surface area contributed by atoms with Gasteiger partial charge in [-0.25, -0.2) is 0 Å². The molecule has 1 aliphatic heterocycles. The van der Waals surface area contributed by atoms with Gasteiger partial charge < -0.3 is 15.8 Å². The summed E-state index contributed by atoms with van der Waals surface area (Å²) in [5.74, 6) is 1.79. The number of nitrogens with two attached hydrogens (primary N) is 1. The smallest absolute Gasteiger partial charge is 0.250 e. The molecule has 3 N–H and O–H groups in total. The normalized spacial score (nSPS) is 30.2. The van der Waals surface area contributed by atoms with Gasteiger partial charge in [-0.05, 0) is 61.8 Å². The van der Waals surface area contributed by atoms with Gasteiger partial charge in [0, 0.05) is 22.7 Å². The van der Waals surface area contributed by atoms with Crippen LogP contribution in [0.25, 0.3) is 6.08 Å². The molecule has 2 unspecified atom stereocenters. The molecule has 2 fully saturated rings. The molecule has 0 spiro atoms. The predicted octanol–water partition coefficient (Wildman–Crippen LogP) is 3.56. The third-order valence-corrected chi connectivity index (χ3v) is 5.89. The first-order valence-electron chi connectivity index (χ1n) is 8.79. The zero-order valence-electron chi connectivity index (χ0n) is 14.0. The van der Waals surface area contributed by atoms with Crippen molar-refractivity contribution < 1.29 is 9.53 Å². The quantitative estimate of drug-likeness (QED) is 0.821. The van der Waals surface area contributed by atoms with Crippen LogP contribution < -0.4 is 15.8 Å². The number of carbonyl (C=O) groups excluding carboxylic acids is 1. The van der Waals surface area contributed by atoms with E-state index in [0.717, 1.165) is 24.2 Å². The second-order valence-electron chi connectivity index (χ2n) is 7.32. The second-order valence-corrected chi connectivity index (χ2v) is 7.76. The second kappa shape index (κ2) is 7.56. The Kier molecular flexibility index (Phi) is 5.62. The van der Waals surface area contributed by atoms with Gasteiger partial charge in [0.25, 0.3) is 5.91 Å². The lowest BCUT2D eigenvalue weighted by atomic mass is 9.67.